The van der Waals surface area contributed by atoms with Crippen molar-refractivity contribution in [1.29, 1.82) is 0 Å². The topological polar surface area (TPSA) is 41.5 Å². The monoisotopic (exact) mass is 329 g/mol. The van der Waals surface area contributed by atoms with E-state index in [-0.39, 0.29) is 18.1 Å². The van der Waals surface area contributed by atoms with Crippen LogP contribution in [0.3, 0.4) is 0 Å². The van der Waals surface area contributed by atoms with Gasteiger partial charge in [-0.2, -0.15) is 0 Å². The van der Waals surface area contributed by atoms with Gasteiger partial charge >= 0.3 is 0 Å². The largest absolute Gasteiger partial charge is 0.492 e. The summed E-state index contributed by atoms with van der Waals surface area (Å²) < 4.78 is 6.61. The molecule has 3 nitrogen and oxygen atoms in total. The van der Waals surface area contributed by atoms with E-state index in [0.717, 1.165) is 16.8 Å². The minimum Gasteiger partial charge on any atom is -0.492 e. The Kier molecular flexibility index (Phi) is 6.30. The predicted molar refractivity (Wildman–Crippen MR) is 82.5 cm³/mol. The first-order valence-corrected chi connectivity index (χ1v) is 7.38. The number of hydrogen-bond donors (Lipinski definition) is 2. The maximum atomic E-state index is 8.97. The van der Waals surface area contributed by atoms with E-state index in [1.54, 1.807) is 0 Å². The molecule has 0 amide bonds. The summed E-state index contributed by atoms with van der Waals surface area (Å²) in [6.07, 6.45) is 0. The summed E-state index contributed by atoms with van der Waals surface area (Å²) in [7, 11) is 0. The minimum absolute atomic E-state index is 0.109. The number of ether oxygens (including phenoxy) is 1. The molecule has 0 aliphatic heterocycles. The quantitative estimate of drug-likeness (QED) is 0.841. The van der Waals surface area contributed by atoms with Crippen LogP contribution in [-0.2, 0) is 6.54 Å². The normalized spacial score (nSPS) is 13.4. The molecule has 0 spiro atoms. The van der Waals surface area contributed by atoms with E-state index in [4.69, 9.17) is 9.84 Å². The van der Waals surface area contributed by atoms with Crippen molar-refractivity contribution < 1.29 is 9.84 Å². The Morgan fingerprint density at radius 1 is 1.37 bits per heavy atom. The van der Waals surface area contributed by atoms with Crippen molar-refractivity contribution in [3.05, 3.63) is 28.2 Å². The molecular formula is C15H24BrNO2. The van der Waals surface area contributed by atoms with E-state index < -0.39 is 0 Å². The summed E-state index contributed by atoms with van der Waals surface area (Å²) >= 11 is 3.52. The van der Waals surface area contributed by atoms with E-state index in [2.05, 4.69) is 54.2 Å². The lowest BCUT2D eigenvalue weighted by atomic mass is 10.1. The molecule has 1 unspecified atom stereocenters. The van der Waals surface area contributed by atoms with Crippen LogP contribution in [0.5, 0.6) is 5.75 Å². The Morgan fingerprint density at radius 3 is 2.58 bits per heavy atom. The summed E-state index contributed by atoms with van der Waals surface area (Å²) in [5.74, 6) is 0.967. The second-order valence-corrected chi connectivity index (χ2v) is 6.82. The first-order valence-electron chi connectivity index (χ1n) is 6.59. The van der Waals surface area contributed by atoms with Gasteiger partial charge in [-0.25, -0.2) is 0 Å². The second-order valence-electron chi connectivity index (χ2n) is 5.97. The molecule has 108 valence electrons. The summed E-state index contributed by atoms with van der Waals surface area (Å²) in [6, 6.07) is 6.09. The van der Waals surface area contributed by atoms with Gasteiger partial charge in [0.2, 0.25) is 0 Å². The molecule has 2 N–H and O–H groups in total. The van der Waals surface area contributed by atoms with Crippen LogP contribution in [0.2, 0.25) is 0 Å². The molecule has 1 atom stereocenters. The average Bonchev–Trinajstić information content (AvgIpc) is 2.34. The van der Waals surface area contributed by atoms with E-state index in [1.165, 1.54) is 5.56 Å². The number of hydrogen-bond acceptors (Lipinski definition) is 3. The molecule has 0 bridgehead atoms. The van der Waals surface area contributed by atoms with Crippen molar-refractivity contribution in [3.8, 4) is 5.75 Å². The first-order chi connectivity index (χ1) is 8.81. The van der Waals surface area contributed by atoms with Crippen LogP contribution < -0.4 is 10.1 Å². The van der Waals surface area contributed by atoms with Gasteiger partial charge in [0.15, 0.2) is 0 Å². The van der Waals surface area contributed by atoms with Crippen LogP contribution in [0.25, 0.3) is 0 Å². The third kappa shape index (κ3) is 6.41. The second kappa shape index (κ2) is 7.27. The van der Waals surface area contributed by atoms with Crippen LogP contribution in [0.4, 0.5) is 0 Å². The van der Waals surface area contributed by atoms with Gasteiger partial charge in [-0.1, -0.05) is 13.0 Å². The number of halogens is 1. The standard InChI is InChI=1S/C15H24BrNO2/c1-11(9-18)10-19-14-6-5-12(7-13(14)16)8-17-15(2,3)4/h5-7,11,17-18H,8-10H2,1-4H3. The zero-order chi connectivity index (χ0) is 14.5. The van der Waals surface area contributed by atoms with Crippen molar-refractivity contribution in [3.63, 3.8) is 0 Å². The molecule has 0 saturated heterocycles. The van der Waals surface area contributed by atoms with E-state index in [0.29, 0.717) is 6.61 Å². The van der Waals surface area contributed by atoms with Gasteiger partial charge in [-0.15, -0.1) is 0 Å². The van der Waals surface area contributed by atoms with Crippen molar-refractivity contribution in [2.75, 3.05) is 13.2 Å². The molecule has 1 rings (SSSR count). The lowest BCUT2D eigenvalue weighted by Gasteiger charge is -2.21. The summed E-state index contributed by atoms with van der Waals surface area (Å²) in [5.41, 5.74) is 1.32. The van der Waals surface area contributed by atoms with Crippen molar-refractivity contribution in [1.82, 2.24) is 5.32 Å². The third-order valence-electron chi connectivity index (χ3n) is 2.65. The van der Waals surface area contributed by atoms with Crippen LogP contribution in [0, 0.1) is 5.92 Å². The zero-order valence-corrected chi connectivity index (χ0v) is 13.8. The molecular weight excluding hydrogens is 306 g/mol. The number of benzene rings is 1. The van der Waals surface area contributed by atoms with E-state index >= 15 is 0 Å². The summed E-state index contributed by atoms with van der Waals surface area (Å²) in [6.45, 7) is 9.90. The maximum absolute atomic E-state index is 8.97. The molecule has 0 aliphatic carbocycles. The van der Waals surface area contributed by atoms with Crippen molar-refractivity contribution in [2.24, 2.45) is 5.92 Å². The van der Waals surface area contributed by atoms with Crippen molar-refractivity contribution in [2.45, 2.75) is 39.8 Å². The van der Waals surface area contributed by atoms with E-state index in [1.807, 2.05) is 13.0 Å². The van der Waals surface area contributed by atoms with Crippen LogP contribution in [0.15, 0.2) is 22.7 Å². The number of aliphatic hydroxyl groups excluding tert-OH is 1. The van der Waals surface area contributed by atoms with Gasteiger partial charge in [-0.05, 0) is 54.4 Å². The fraction of sp³-hybridized carbons (Fsp3) is 0.600. The van der Waals surface area contributed by atoms with Crippen molar-refractivity contribution >= 4 is 15.9 Å². The molecule has 1 aromatic rings. The highest BCUT2D eigenvalue weighted by molar-refractivity contribution is 9.10. The maximum Gasteiger partial charge on any atom is 0.133 e. The van der Waals surface area contributed by atoms with E-state index in [9.17, 15) is 0 Å². The third-order valence-corrected chi connectivity index (χ3v) is 3.27. The smallest absolute Gasteiger partial charge is 0.133 e. The van der Waals surface area contributed by atoms with Crippen LogP contribution >= 0.6 is 15.9 Å². The minimum atomic E-state index is 0.109. The molecule has 0 aromatic heterocycles. The van der Waals surface area contributed by atoms with Gasteiger partial charge in [-0.3, -0.25) is 0 Å². The highest BCUT2D eigenvalue weighted by Gasteiger charge is 2.10. The van der Waals surface area contributed by atoms with Gasteiger partial charge in [0, 0.05) is 24.6 Å². The molecule has 0 saturated carbocycles. The number of rotatable bonds is 6. The Balaban J connectivity index is 2.59. The Bertz CT molecular complexity index is 402. The zero-order valence-electron chi connectivity index (χ0n) is 12.2. The molecule has 0 aliphatic rings. The van der Waals surface area contributed by atoms with Gasteiger partial charge in [0.05, 0.1) is 11.1 Å². The number of nitrogens with one attached hydrogen (secondary N) is 1. The fourth-order valence-corrected chi connectivity index (χ4v) is 1.96. The predicted octanol–water partition coefficient (Wildman–Crippen LogP) is 3.34. The molecule has 19 heavy (non-hydrogen) atoms. The van der Waals surface area contributed by atoms with Crippen LogP contribution in [0.1, 0.15) is 33.3 Å². The molecule has 0 fully saturated rings. The summed E-state index contributed by atoms with van der Waals surface area (Å²) in [4.78, 5) is 0. The molecule has 4 heteroatoms. The Hall–Kier alpha value is -0.580. The van der Waals surface area contributed by atoms with Gasteiger partial charge in [0.1, 0.15) is 5.75 Å². The first kappa shape index (κ1) is 16.5. The Morgan fingerprint density at radius 2 is 2.05 bits per heavy atom. The fourth-order valence-electron chi connectivity index (χ4n) is 1.42. The summed E-state index contributed by atoms with van der Waals surface area (Å²) in [5, 5.41) is 12.4. The highest BCUT2D eigenvalue weighted by atomic mass is 79.9. The van der Waals surface area contributed by atoms with Gasteiger partial charge < -0.3 is 15.2 Å². The lowest BCUT2D eigenvalue weighted by molar-refractivity contribution is 0.174. The Labute approximate surface area is 124 Å². The lowest BCUT2D eigenvalue weighted by Crippen LogP contribution is -2.35. The molecule has 0 radical (unpaired) electrons. The SMILES string of the molecule is CC(CO)COc1ccc(CNC(C)(C)C)cc1Br. The molecule has 0 heterocycles. The van der Waals surface area contributed by atoms with Gasteiger partial charge in [0.25, 0.3) is 0 Å². The number of aliphatic hydroxyl groups is 1. The highest BCUT2D eigenvalue weighted by Crippen LogP contribution is 2.26. The average molecular weight is 330 g/mol. The molecule has 1 aromatic carbocycles. The van der Waals surface area contributed by atoms with Crippen LogP contribution in [-0.4, -0.2) is 23.9 Å².